The number of nitrogens with zero attached hydrogens (tertiary/aromatic N) is 1. The van der Waals surface area contributed by atoms with Crippen LogP contribution in [0.3, 0.4) is 0 Å². The monoisotopic (exact) mass is 391 g/mol. The minimum atomic E-state index is -3.72. The van der Waals surface area contributed by atoms with Gasteiger partial charge in [0.2, 0.25) is 10.0 Å². The summed E-state index contributed by atoms with van der Waals surface area (Å²) in [7, 11) is -3.72. The number of aliphatic hydroxyl groups excluding tert-OH is 1. The number of benzene rings is 2. The molecule has 1 heterocycles. The van der Waals surface area contributed by atoms with Crippen LogP contribution in [0.2, 0.25) is 0 Å². The van der Waals surface area contributed by atoms with Gasteiger partial charge in [0.1, 0.15) is 5.82 Å². The predicted octanol–water partition coefficient (Wildman–Crippen LogP) is 4.05. The fraction of sp³-hybridized carbons (Fsp3) is 0.429. The summed E-state index contributed by atoms with van der Waals surface area (Å²) in [5, 5.41) is 9.34. The van der Waals surface area contributed by atoms with Gasteiger partial charge in [-0.25, -0.2) is 12.8 Å². The third-order valence-electron chi connectivity index (χ3n) is 5.46. The zero-order chi connectivity index (χ0) is 19.6. The quantitative estimate of drug-likeness (QED) is 0.808. The summed E-state index contributed by atoms with van der Waals surface area (Å²) in [4.78, 5) is 0.267. The van der Waals surface area contributed by atoms with Crippen molar-refractivity contribution in [2.75, 3.05) is 6.61 Å². The average molecular weight is 392 g/mol. The normalized spacial score (nSPS) is 22.1. The third kappa shape index (κ3) is 4.08. The van der Waals surface area contributed by atoms with Gasteiger partial charge >= 0.3 is 0 Å². The Morgan fingerprint density at radius 2 is 1.74 bits per heavy atom. The smallest absolute Gasteiger partial charge is 0.243 e. The molecule has 4 nitrogen and oxygen atoms in total. The van der Waals surface area contributed by atoms with Crippen LogP contribution in [-0.2, 0) is 10.0 Å². The highest BCUT2D eigenvalue weighted by atomic mass is 32.2. The van der Waals surface area contributed by atoms with Crippen molar-refractivity contribution in [3.63, 3.8) is 0 Å². The Morgan fingerprint density at radius 3 is 2.33 bits per heavy atom. The number of aryl methyl sites for hydroxylation is 1. The summed E-state index contributed by atoms with van der Waals surface area (Å²) in [5.41, 5.74) is 1.79. The fourth-order valence-corrected chi connectivity index (χ4v) is 5.88. The molecule has 0 aromatic heterocycles. The van der Waals surface area contributed by atoms with E-state index in [0.717, 1.165) is 11.1 Å². The van der Waals surface area contributed by atoms with Crippen molar-refractivity contribution in [2.45, 2.75) is 50.1 Å². The van der Waals surface area contributed by atoms with Gasteiger partial charge in [-0.1, -0.05) is 36.8 Å². The van der Waals surface area contributed by atoms with Gasteiger partial charge in [-0.05, 0) is 61.9 Å². The lowest BCUT2D eigenvalue weighted by Gasteiger charge is -2.33. The van der Waals surface area contributed by atoms with Crippen LogP contribution in [0.4, 0.5) is 4.39 Å². The first kappa shape index (κ1) is 20.0. The van der Waals surface area contributed by atoms with E-state index in [0.29, 0.717) is 19.3 Å². The van der Waals surface area contributed by atoms with Crippen LogP contribution in [0.1, 0.15) is 43.4 Å². The van der Waals surface area contributed by atoms with Crippen molar-refractivity contribution in [3.8, 4) is 0 Å². The highest BCUT2D eigenvalue weighted by Crippen LogP contribution is 2.43. The van der Waals surface area contributed by atoms with E-state index in [1.165, 1.54) is 12.1 Å². The third-order valence-corrected chi connectivity index (χ3v) is 7.41. The van der Waals surface area contributed by atoms with E-state index >= 15 is 0 Å². The second-order valence-electron chi connectivity index (χ2n) is 7.35. The molecule has 2 unspecified atom stereocenters. The number of rotatable bonds is 6. The number of halogens is 1. The molecule has 1 aliphatic heterocycles. The molecule has 3 rings (SSSR count). The van der Waals surface area contributed by atoms with Crippen molar-refractivity contribution in [3.05, 3.63) is 65.5 Å². The molecule has 146 valence electrons. The van der Waals surface area contributed by atoms with E-state index in [1.807, 2.05) is 13.8 Å². The van der Waals surface area contributed by atoms with Gasteiger partial charge < -0.3 is 5.11 Å². The maximum Gasteiger partial charge on any atom is 0.243 e. The Balaban J connectivity index is 2.04. The van der Waals surface area contributed by atoms with Gasteiger partial charge in [0, 0.05) is 12.6 Å². The van der Waals surface area contributed by atoms with E-state index < -0.39 is 10.0 Å². The molecule has 1 N–H and O–H groups in total. The van der Waals surface area contributed by atoms with Crippen molar-refractivity contribution >= 4 is 10.0 Å². The van der Waals surface area contributed by atoms with E-state index in [4.69, 9.17) is 0 Å². The molecular formula is C21H26FNO3S. The molecule has 0 radical (unpaired) electrons. The molecular weight excluding hydrogens is 365 g/mol. The molecule has 2 aromatic carbocycles. The van der Waals surface area contributed by atoms with E-state index in [1.54, 1.807) is 40.7 Å². The van der Waals surface area contributed by atoms with Crippen LogP contribution in [0.15, 0.2) is 53.4 Å². The maximum absolute atomic E-state index is 13.5. The Bertz CT molecular complexity index is 865. The highest BCUT2D eigenvalue weighted by molar-refractivity contribution is 7.89. The predicted molar refractivity (Wildman–Crippen MR) is 103 cm³/mol. The molecule has 0 bridgehead atoms. The summed E-state index contributed by atoms with van der Waals surface area (Å²) >= 11 is 0. The Kier molecular flexibility index (Phi) is 5.99. The summed E-state index contributed by atoms with van der Waals surface area (Å²) < 4.78 is 42.0. The van der Waals surface area contributed by atoms with Gasteiger partial charge in [-0.3, -0.25) is 0 Å². The minimum Gasteiger partial charge on any atom is -0.396 e. The molecule has 0 spiro atoms. The van der Waals surface area contributed by atoms with E-state index in [-0.39, 0.29) is 35.3 Å². The SMILES string of the molecule is Cc1ccc(S(=O)(=O)N2C(c3ccc(F)cc3)CCC2[C@@H](C)CCO)cc1. The Hall–Kier alpha value is -1.76. The first-order valence-electron chi connectivity index (χ1n) is 9.31. The summed E-state index contributed by atoms with van der Waals surface area (Å²) in [5.74, 6) is -0.310. The molecule has 2 aromatic rings. The molecule has 0 aliphatic carbocycles. The van der Waals surface area contributed by atoms with E-state index in [2.05, 4.69) is 0 Å². The largest absolute Gasteiger partial charge is 0.396 e. The molecule has 0 amide bonds. The van der Waals surface area contributed by atoms with Crippen LogP contribution in [0, 0.1) is 18.7 Å². The Morgan fingerprint density at radius 1 is 1.11 bits per heavy atom. The molecule has 6 heteroatoms. The van der Waals surface area contributed by atoms with Crippen molar-refractivity contribution in [1.82, 2.24) is 4.31 Å². The second kappa shape index (κ2) is 8.09. The van der Waals surface area contributed by atoms with Gasteiger partial charge in [0.25, 0.3) is 0 Å². The lowest BCUT2D eigenvalue weighted by Crippen LogP contribution is -2.41. The molecule has 1 saturated heterocycles. The van der Waals surface area contributed by atoms with Crippen LogP contribution < -0.4 is 0 Å². The first-order chi connectivity index (χ1) is 12.8. The molecule has 1 fully saturated rings. The Labute approximate surface area is 160 Å². The van der Waals surface area contributed by atoms with Gasteiger partial charge in [0.15, 0.2) is 0 Å². The molecule has 27 heavy (non-hydrogen) atoms. The van der Waals surface area contributed by atoms with Crippen LogP contribution in [-0.4, -0.2) is 30.5 Å². The maximum atomic E-state index is 13.5. The number of hydrogen-bond donors (Lipinski definition) is 1. The zero-order valence-electron chi connectivity index (χ0n) is 15.7. The fourth-order valence-electron chi connectivity index (χ4n) is 3.92. The second-order valence-corrected chi connectivity index (χ2v) is 9.19. The van der Waals surface area contributed by atoms with Crippen molar-refractivity contribution in [1.29, 1.82) is 0 Å². The highest BCUT2D eigenvalue weighted by Gasteiger charge is 2.44. The summed E-state index contributed by atoms with van der Waals surface area (Å²) in [6.07, 6.45) is 1.94. The van der Waals surface area contributed by atoms with Gasteiger partial charge in [-0.15, -0.1) is 0 Å². The lowest BCUT2D eigenvalue weighted by molar-refractivity contribution is 0.205. The van der Waals surface area contributed by atoms with Gasteiger partial charge in [-0.2, -0.15) is 4.31 Å². The average Bonchev–Trinajstić information content (AvgIpc) is 3.09. The lowest BCUT2D eigenvalue weighted by atomic mass is 9.97. The topological polar surface area (TPSA) is 57.6 Å². The standard InChI is InChI=1S/C21H26FNO3S/c1-15-3-9-19(10-4-15)27(25,26)23-20(16(2)13-14-24)11-12-21(23)17-5-7-18(22)8-6-17/h3-10,16,20-21,24H,11-14H2,1-2H3/t16-,20?,21?/m0/s1. The van der Waals surface area contributed by atoms with Crippen LogP contribution >= 0.6 is 0 Å². The molecule has 3 atom stereocenters. The van der Waals surface area contributed by atoms with E-state index in [9.17, 15) is 17.9 Å². The zero-order valence-corrected chi connectivity index (χ0v) is 16.5. The van der Waals surface area contributed by atoms with Gasteiger partial charge in [0.05, 0.1) is 10.9 Å². The van der Waals surface area contributed by atoms with Crippen molar-refractivity contribution < 1.29 is 17.9 Å². The minimum absolute atomic E-state index is 0.0251. The number of hydrogen-bond acceptors (Lipinski definition) is 3. The number of aliphatic hydroxyl groups is 1. The summed E-state index contributed by atoms with van der Waals surface area (Å²) in [6.45, 7) is 3.92. The first-order valence-corrected chi connectivity index (χ1v) is 10.7. The van der Waals surface area contributed by atoms with Crippen molar-refractivity contribution in [2.24, 2.45) is 5.92 Å². The summed E-state index contributed by atoms with van der Waals surface area (Å²) in [6, 6.07) is 12.4. The molecule has 1 aliphatic rings. The number of sulfonamides is 1. The van der Waals surface area contributed by atoms with Crippen LogP contribution in [0.5, 0.6) is 0 Å². The van der Waals surface area contributed by atoms with Crippen LogP contribution in [0.25, 0.3) is 0 Å². The molecule has 0 saturated carbocycles.